The minimum Gasteiger partial charge on any atom is -0.468 e. The topological polar surface area (TPSA) is 154 Å². The Labute approximate surface area is 218 Å². The van der Waals surface area contributed by atoms with Crippen LogP contribution in [0.2, 0.25) is 0 Å². The van der Waals surface area contributed by atoms with Crippen molar-refractivity contribution in [2.75, 3.05) is 18.5 Å². The molecule has 38 heavy (non-hydrogen) atoms. The molecule has 0 aliphatic heterocycles. The number of primary amides is 1. The number of hydrogen-bond donors (Lipinski definition) is 3. The van der Waals surface area contributed by atoms with Gasteiger partial charge in [0, 0.05) is 18.8 Å². The zero-order valence-corrected chi connectivity index (χ0v) is 20.6. The third-order valence-corrected chi connectivity index (χ3v) is 6.52. The maximum Gasteiger partial charge on any atom is 0.272 e. The summed E-state index contributed by atoms with van der Waals surface area (Å²) in [4.78, 5) is 42.3. The van der Waals surface area contributed by atoms with Gasteiger partial charge in [-0.25, -0.2) is 9.67 Å². The molecule has 2 heterocycles. The van der Waals surface area contributed by atoms with Crippen LogP contribution in [0.15, 0.2) is 60.9 Å². The highest BCUT2D eigenvalue weighted by Crippen LogP contribution is 2.27. The molecule has 0 spiro atoms. The number of nitrogens with zero attached hydrogens (tertiary/aromatic N) is 4. The van der Waals surface area contributed by atoms with E-state index in [1.54, 1.807) is 17.1 Å². The predicted octanol–water partition coefficient (Wildman–Crippen LogP) is 2.52. The second-order valence-corrected chi connectivity index (χ2v) is 9.18. The lowest BCUT2D eigenvalue weighted by Gasteiger charge is -2.25. The molecule has 11 heteroatoms. The van der Waals surface area contributed by atoms with Crippen LogP contribution in [0.1, 0.15) is 45.7 Å². The maximum absolute atomic E-state index is 13.8. The summed E-state index contributed by atoms with van der Waals surface area (Å²) in [5.41, 5.74) is 6.56. The van der Waals surface area contributed by atoms with Crippen LogP contribution in [-0.4, -0.2) is 50.9 Å². The number of amides is 3. The molecule has 1 aliphatic rings. The summed E-state index contributed by atoms with van der Waals surface area (Å²) >= 11 is 0. The van der Waals surface area contributed by atoms with Crippen LogP contribution in [0.3, 0.4) is 0 Å². The van der Waals surface area contributed by atoms with Gasteiger partial charge in [0.05, 0.1) is 24.0 Å². The van der Waals surface area contributed by atoms with Crippen LogP contribution in [0.5, 0.6) is 5.88 Å². The van der Waals surface area contributed by atoms with E-state index in [1.165, 1.54) is 12.1 Å². The Morgan fingerprint density at radius 2 is 1.89 bits per heavy atom. The van der Waals surface area contributed by atoms with E-state index in [0.717, 1.165) is 35.6 Å². The van der Waals surface area contributed by atoms with Gasteiger partial charge in [-0.2, -0.15) is 0 Å². The minimum atomic E-state index is -0.670. The largest absolute Gasteiger partial charge is 0.468 e. The van der Waals surface area contributed by atoms with Crippen LogP contribution < -0.4 is 21.1 Å². The number of rotatable bonds is 10. The van der Waals surface area contributed by atoms with E-state index < -0.39 is 17.7 Å². The molecule has 0 saturated heterocycles. The first-order chi connectivity index (χ1) is 18.5. The summed E-state index contributed by atoms with van der Waals surface area (Å²) in [7, 11) is 0. The fourth-order valence-electron chi connectivity index (χ4n) is 4.35. The molecule has 4 N–H and O–H groups in total. The molecule has 0 unspecified atom stereocenters. The zero-order chi connectivity index (χ0) is 26.5. The van der Waals surface area contributed by atoms with Crippen molar-refractivity contribution in [1.82, 2.24) is 25.3 Å². The van der Waals surface area contributed by atoms with Gasteiger partial charge in [-0.3, -0.25) is 14.4 Å². The third-order valence-electron chi connectivity index (χ3n) is 6.52. The Morgan fingerprint density at radius 1 is 1.05 bits per heavy atom. The average Bonchev–Trinajstić information content (AvgIpc) is 3.40. The van der Waals surface area contributed by atoms with E-state index in [4.69, 9.17) is 10.5 Å². The number of benzene rings is 2. The predicted molar refractivity (Wildman–Crippen MR) is 140 cm³/mol. The first-order valence-corrected chi connectivity index (χ1v) is 12.3. The number of carbonyl (C=O) groups excluding carboxylic acids is 3. The van der Waals surface area contributed by atoms with Gasteiger partial charge in [-0.1, -0.05) is 48.0 Å². The van der Waals surface area contributed by atoms with Gasteiger partial charge in [-0.05, 0) is 41.2 Å². The maximum atomic E-state index is 13.8. The monoisotopic (exact) mass is 513 g/mol. The Morgan fingerprint density at radius 3 is 2.63 bits per heavy atom. The van der Waals surface area contributed by atoms with Crippen LogP contribution in [0.25, 0.3) is 10.8 Å². The number of pyridine rings is 1. The SMILES string of the molecule is NC(=O)COc1ccc(NC(=O)c2c(Cn3ccnn3)ccc3ccccc23)c(C(=O)NCC2CCC2)n1. The zero-order valence-electron chi connectivity index (χ0n) is 20.6. The number of fused-ring (bicyclic) bond motifs is 1. The Bertz CT molecular complexity index is 1480. The van der Waals surface area contributed by atoms with Crippen molar-refractivity contribution < 1.29 is 19.1 Å². The summed E-state index contributed by atoms with van der Waals surface area (Å²) in [6.07, 6.45) is 6.57. The first kappa shape index (κ1) is 24.9. The highest BCUT2D eigenvalue weighted by molar-refractivity contribution is 6.15. The highest BCUT2D eigenvalue weighted by Gasteiger charge is 2.23. The van der Waals surface area contributed by atoms with E-state index in [1.807, 2.05) is 36.4 Å². The standard InChI is InChI=1S/C27H27N7O4/c28-22(35)16-38-23-11-10-21(25(32-23)27(37)29-14-17-4-3-5-17)31-26(36)24-19(15-34-13-12-30-33-34)9-8-18-6-1-2-7-20(18)24/h1-2,6-13,17H,3-5,14-16H2,(H2,28,35)(H,29,37)(H,31,36). The molecule has 2 aromatic heterocycles. The average molecular weight is 514 g/mol. The van der Waals surface area contributed by atoms with Gasteiger partial charge < -0.3 is 21.1 Å². The van der Waals surface area contributed by atoms with Gasteiger partial charge in [-0.15, -0.1) is 5.10 Å². The molecule has 2 aromatic carbocycles. The van der Waals surface area contributed by atoms with Crippen LogP contribution >= 0.6 is 0 Å². The third kappa shape index (κ3) is 5.61. The molecule has 0 radical (unpaired) electrons. The van der Waals surface area contributed by atoms with Gasteiger partial charge in [0.15, 0.2) is 12.3 Å². The first-order valence-electron chi connectivity index (χ1n) is 12.3. The number of aromatic nitrogens is 4. The Balaban J connectivity index is 1.47. The Hall–Kier alpha value is -4.80. The highest BCUT2D eigenvalue weighted by atomic mass is 16.5. The molecule has 3 amide bonds. The summed E-state index contributed by atoms with van der Waals surface area (Å²) < 4.78 is 6.93. The van der Waals surface area contributed by atoms with Crippen LogP contribution in [0.4, 0.5) is 5.69 Å². The second kappa shape index (κ2) is 11.1. The molecule has 5 rings (SSSR count). The molecule has 194 valence electrons. The molecular weight excluding hydrogens is 486 g/mol. The summed E-state index contributed by atoms with van der Waals surface area (Å²) in [6.45, 7) is 0.468. The minimum absolute atomic E-state index is 0.0160. The van der Waals surface area contributed by atoms with Gasteiger partial charge in [0.2, 0.25) is 5.88 Å². The van der Waals surface area contributed by atoms with E-state index in [2.05, 4.69) is 25.9 Å². The number of ether oxygens (including phenoxy) is 1. The Kier molecular flexibility index (Phi) is 7.25. The molecular formula is C27H27N7O4. The molecule has 11 nitrogen and oxygen atoms in total. The molecule has 1 fully saturated rings. The van der Waals surface area contributed by atoms with Crippen molar-refractivity contribution in [3.8, 4) is 5.88 Å². The molecule has 4 aromatic rings. The van der Waals surface area contributed by atoms with Gasteiger partial charge in [0.25, 0.3) is 17.7 Å². The summed E-state index contributed by atoms with van der Waals surface area (Å²) in [5, 5.41) is 15.3. The van der Waals surface area contributed by atoms with Crippen LogP contribution in [0, 0.1) is 5.92 Å². The van der Waals surface area contributed by atoms with Crippen molar-refractivity contribution in [3.05, 3.63) is 77.7 Å². The van der Waals surface area contributed by atoms with E-state index in [9.17, 15) is 14.4 Å². The smallest absolute Gasteiger partial charge is 0.272 e. The van der Waals surface area contributed by atoms with E-state index >= 15 is 0 Å². The number of hydrogen-bond acceptors (Lipinski definition) is 7. The molecule has 0 bridgehead atoms. The number of carbonyl (C=O) groups is 3. The fourth-order valence-corrected chi connectivity index (χ4v) is 4.35. The lowest BCUT2D eigenvalue weighted by molar-refractivity contribution is -0.120. The van der Waals surface area contributed by atoms with Crippen LogP contribution in [-0.2, 0) is 11.3 Å². The van der Waals surface area contributed by atoms with Crippen molar-refractivity contribution in [2.24, 2.45) is 11.7 Å². The lowest BCUT2D eigenvalue weighted by atomic mass is 9.85. The van der Waals surface area contributed by atoms with Gasteiger partial charge in [0.1, 0.15) is 0 Å². The van der Waals surface area contributed by atoms with Crippen molar-refractivity contribution in [2.45, 2.75) is 25.8 Å². The number of nitrogens with one attached hydrogen (secondary N) is 2. The summed E-state index contributed by atoms with van der Waals surface area (Å²) in [6, 6.07) is 14.4. The van der Waals surface area contributed by atoms with Crippen molar-refractivity contribution >= 4 is 34.2 Å². The van der Waals surface area contributed by atoms with Gasteiger partial charge >= 0.3 is 0 Å². The van der Waals surface area contributed by atoms with Crippen molar-refractivity contribution in [3.63, 3.8) is 0 Å². The number of anilines is 1. The quantitative estimate of drug-likeness (QED) is 0.294. The fraction of sp³-hybridized carbons (Fsp3) is 0.259. The van der Waals surface area contributed by atoms with Crippen molar-refractivity contribution in [1.29, 1.82) is 0 Å². The van der Waals surface area contributed by atoms with E-state index in [-0.39, 0.29) is 23.9 Å². The number of nitrogens with two attached hydrogens (primary N) is 1. The summed E-state index contributed by atoms with van der Waals surface area (Å²) in [5.74, 6) is -1.04. The molecule has 0 atom stereocenters. The lowest BCUT2D eigenvalue weighted by Crippen LogP contribution is -2.33. The molecule has 1 saturated carbocycles. The van der Waals surface area contributed by atoms with E-state index in [0.29, 0.717) is 24.6 Å². The second-order valence-electron chi connectivity index (χ2n) is 9.18. The normalized spacial score (nSPS) is 13.1. The molecule has 1 aliphatic carbocycles.